The highest BCUT2D eigenvalue weighted by Crippen LogP contribution is 2.53. The summed E-state index contributed by atoms with van der Waals surface area (Å²) in [7, 11) is -5.16. The average molecular weight is 494 g/mol. The zero-order chi connectivity index (χ0) is 21.6. The van der Waals surface area contributed by atoms with Gasteiger partial charge in [0, 0.05) is 31.8 Å². The SMILES string of the molecule is O=S(=O)(O)C(c1ccccc1O)(c1ccc(Cl)cc1Cl)c1cc(Cl)cc(Cl)c1O. The molecule has 3 aromatic carbocycles. The zero-order valence-electron chi connectivity index (χ0n) is 14.3. The van der Waals surface area contributed by atoms with E-state index >= 15 is 0 Å². The predicted molar refractivity (Wildman–Crippen MR) is 114 cm³/mol. The van der Waals surface area contributed by atoms with Crippen LogP contribution in [-0.4, -0.2) is 23.2 Å². The lowest BCUT2D eigenvalue weighted by Crippen LogP contribution is -2.38. The summed E-state index contributed by atoms with van der Waals surface area (Å²) in [6.45, 7) is 0. The van der Waals surface area contributed by atoms with Crippen LogP contribution in [0, 0.1) is 0 Å². The van der Waals surface area contributed by atoms with Gasteiger partial charge < -0.3 is 10.2 Å². The normalized spacial score (nSPS) is 13.8. The molecular formula is C19H12Cl4O5S. The first-order valence-electron chi connectivity index (χ1n) is 7.89. The number of hydrogen-bond acceptors (Lipinski definition) is 4. The summed E-state index contributed by atoms with van der Waals surface area (Å²) >= 11 is 24.4. The molecule has 0 saturated heterocycles. The van der Waals surface area contributed by atoms with Crippen LogP contribution in [0.5, 0.6) is 11.5 Å². The summed E-state index contributed by atoms with van der Waals surface area (Å²) in [5.41, 5.74) is -0.857. The van der Waals surface area contributed by atoms with Gasteiger partial charge in [-0.1, -0.05) is 70.7 Å². The molecule has 5 nitrogen and oxygen atoms in total. The molecule has 0 saturated carbocycles. The van der Waals surface area contributed by atoms with E-state index in [9.17, 15) is 23.2 Å². The molecule has 0 radical (unpaired) electrons. The second kappa shape index (κ2) is 7.87. The average Bonchev–Trinajstić information content (AvgIpc) is 2.61. The van der Waals surface area contributed by atoms with Crippen molar-refractivity contribution in [2.45, 2.75) is 4.75 Å². The van der Waals surface area contributed by atoms with E-state index in [-0.39, 0.29) is 31.2 Å². The molecule has 10 heteroatoms. The minimum Gasteiger partial charge on any atom is -0.508 e. The summed E-state index contributed by atoms with van der Waals surface area (Å²) in [6, 6.07) is 11.6. The number of benzene rings is 3. The third-order valence-electron chi connectivity index (χ3n) is 4.39. The van der Waals surface area contributed by atoms with Gasteiger partial charge in [0.1, 0.15) is 11.5 Å². The van der Waals surface area contributed by atoms with Gasteiger partial charge in [-0.3, -0.25) is 4.55 Å². The molecule has 0 fully saturated rings. The van der Waals surface area contributed by atoms with Crippen LogP contribution < -0.4 is 0 Å². The Balaban J connectivity index is 2.66. The minimum atomic E-state index is -5.16. The van der Waals surface area contributed by atoms with Crippen LogP contribution >= 0.6 is 46.4 Å². The van der Waals surface area contributed by atoms with Gasteiger partial charge in [-0.2, -0.15) is 8.42 Å². The summed E-state index contributed by atoms with van der Waals surface area (Å²) in [6.07, 6.45) is 0. The van der Waals surface area contributed by atoms with Crippen molar-refractivity contribution in [1.82, 2.24) is 0 Å². The Morgan fingerprint density at radius 2 is 1.34 bits per heavy atom. The van der Waals surface area contributed by atoms with E-state index in [0.29, 0.717) is 0 Å². The van der Waals surface area contributed by atoms with Crippen LogP contribution in [0.3, 0.4) is 0 Å². The highest BCUT2D eigenvalue weighted by atomic mass is 35.5. The van der Waals surface area contributed by atoms with Gasteiger partial charge in [0.15, 0.2) is 4.75 Å². The molecule has 152 valence electrons. The molecule has 0 bridgehead atoms. The van der Waals surface area contributed by atoms with Crippen LogP contribution in [0.25, 0.3) is 0 Å². The summed E-state index contributed by atoms with van der Waals surface area (Å²) in [4.78, 5) is 0. The minimum absolute atomic E-state index is 0.0173. The number of rotatable bonds is 4. The Morgan fingerprint density at radius 1 is 0.724 bits per heavy atom. The highest BCUT2D eigenvalue weighted by molar-refractivity contribution is 7.87. The molecule has 0 heterocycles. The first kappa shape index (κ1) is 22.0. The fourth-order valence-corrected chi connectivity index (χ4v) is 5.67. The number of phenols is 2. The lowest BCUT2D eigenvalue weighted by Gasteiger charge is -2.34. The third kappa shape index (κ3) is 3.65. The lowest BCUT2D eigenvalue weighted by molar-refractivity contribution is 0.428. The van der Waals surface area contributed by atoms with E-state index in [4.69, 9.17) is 46.4 Å². The maximum absolute atomic E-state index is 13.0. The third-order valence-corrected chi connectivity index (χ3v) is 6.88. The van der Waals surface area contributed by atoms with Crippen LogP contribution in [0.1, 0.15) is 16.7 Å². The van der Waals surface area contributed by atoms with E-state index in [1.54, 1.807) is 0 Å². The Hall–Kier alpha value is -1.67. The first-order chi connectivity index (χ1) is 13.5. The van der Waals surface area contributed by atoms with Crippen LogP contribution in [0.15, 0.2) is 54.6 Å². The number of halogens is 4. The number of hydrogen-bond donors (Lipinski definition) is 3. The van der Waals surface area contributed by atoms with Crippen molar-refractivity contribution in [3.63, 3.8) is 0 Å². The van der Waals surface area contributed by atoms with Crippen molar-refractivity contribution in [1.29, 1.82) is 0 Å². The zero-order valence-corrected chi connectivity index (χ0v) is 18.1. The van der Waals surface area contributed by atoms with E-state index in [0.717, 1.165) is 6.07 Å². The fraction of sp³-hybridized carbons (Fsp3) is 0.0526. The molecule has 1 atom stereocenters. The Labute approximate surface area is 186 Å². The molecule has 3 N–H and O–H groups in total. The molecule has 1 unspecified atom stereocenters. The molecular weight excluding hydrogens is 482 g/mol. The van der Waals surface area contributed by atoms with Crippen LogP contribution in [0.2, 0.25) is 20.1 Å². The molecule has 3 rings (SSSR count). The standard InChI is InChI=1S/C19H12Cl4O5S/c20-10-5-6-12(15(22)8-10)19(29(26,27)28,13-3-1-2-4-17(13)24)14-7-11(21)9-16(23)18(14)25/h1-9,24-25H,(H,26,27,28). The van der Waals surface area contributed by atoms with Gasteiger partial charge in [0.25, 0.3) is 10.1 Å². The quantitative estimate of drug-likeness (QED) is 0.311. The fourth-order valence-electron chi connectivity index (χ4n) is 3.23. The molecule has 29 heavy (non-hydrogen) atoms. The van der Waals surface area contributed by atoms with E-state index in [1.807, 2.05) is 0 Å². The number of para-hydroxylation sites is 1. The Bertz CT molecular complexity index is 1210. The molecule has 0 spiro atoms. The maximum Gasteiger partial charge on any atom is 0.283 e. The molecule has 0 aliphatic rings. The number of aromatic hydroxyl groups is 2. The van der Waals surface area contributed by atoms with Crippen molar-refractivity contribution in [2.24, 2.45) is 0 Å². The van der Waals surface area contributed by atoms with Crippen LogP contribution in [0.4, 0.5) is 0 Å². The molecule has 0 aromatic heterocycles. The Morgan fingerprint density at radius 3 is 1.93 bits per heavy atom. The maximum atomic E-state index is 13.0. The van der Waals surface area contributed by atoms with Gasteiger partial charge in [0.2, 0.25) is 0 Å². The number of phenolic OH excluding ortho intramolecular Hbond substituents is 2. The topological polar surface area (TPSA) is 94.8 Å². The lowest BCUT2D eigenvalue weighted by atomic mass is 9.83. The van der Waals surface area contributed by atoms with Gasteiger partial charge >= 0.3 is 0 Å². The molecule has 0 amide bonds. The summed E-state index contributed by atoms with van der Waals surface area (Å²) < 4.78 is 33.9. The molecule has 3 aromatic rings. The monoisotopic (exact) mass is 492 g/mol. The van der Waals surface area contributed by atoms with E-state index in [2.05, 4.69) is 0 Å². The van der Waals surface area contributed by atoms with Crippen molar-refractivity contribution in [3.05, 3.63) is 91.4 Å². The van der Waals surface area contributed by atoms with Crippen molar-refractivity contribution in [3.8, 4) is 11.5 Å². The van der Waals surface area contributed by atoms with Crippen molar-refractivity contribution in [2.75, 3.05) is 0 Å². The largest absolute Gasteiger partial charge is 0.508 e. The van der Waals surface area contributed by atoms with Crippen molar-refractivity contribution >= 4 is 56.5 Å². The van der Waals surface area contributed by atoms with Crippen molar-refractivity contribution < 1.29 is 23.2 Å². The second-order valence-electron chi connectivity index (χ2n) is 6.08. The van der Waals surface area contributed by atoms with Gasteiger partial charge in [0.05, 0.1) is 5.02 Å². The molecule has 0 aliphatic heterocycles. The van der Waals surface area contributed by atoms with Gasteiger partial charge in [-0.15, -0.1) is 0 Å². The predicted octanol–water partition coefficient (Wildman–Crippen LogP) is 5.89. The first-order valence-corrected chi connectivity index (χ1v) is 10.8. The summed E-state index contributed by atoms with van der Waals surface area (Å²) in [5, 5.41) is 21.0. The van der Waals surface area contributed by atoms with Gasteiger partial charge in [-0.25, -0.2) is 0 Å². The smallest absolute Gasteiger partial charge is 0.283 e. The van der Waals surface area contributed by atoms with Crippen LogP contribution in [-0.2, 0) is 14.9 Å². The van der Waals surface area contributed by atoms with Gasteiger partial charge in [-0.05, 0) is 30.3 Å². The highest BCUT2D eigenvalue weighted by Gasteiger charge is 2.53. The molecule has 0 aliphatic carbocycles. The van der Waals surface area contributed by atoms with E-state index < -0.39 is 31.9 Å². The van der Waals surface area contributed by atoms with E-state index in [1.165, 1.54) is 48.5 Å². The second-order valence-corrected chi connectivity index (χ2v) is 9.33. The Kier molecular flexibility index (Phi) is 5.98. The summed E-state index contributed by atoms with van der Waals surface area (Å²) in [5.74, 6) is -1.14.